The lowest BCUT2D eigenvalue weighted by molar-refractivity contribution is 0.0951. The number of methoxy groups -OCH3 is 1. The molecule has 0 bridgehead atoms. The van der Waals surface area contributed by atoms with Crippen molar-refractivity contribution in [2.24, 2.45) is 0 Å². The fraction of sp³-hybridized carbons (Fsp3) is 0.348. The van der Waals surface area contributed by atoms with Crippen molar-refractivity contribution >= 4 is 22.5 Å². The molecular weight excluding hydrogens is 364 g/mol. The summed E-state index contributed by atoms with van der Waals surface area (Å²) in [5, 5.41) is 13.6. The molecule has 1 N–H and O–H groups in total. The number of benzene rings is 2. The number of amides is 1. The molecule has 0 aliphatic heterocycles. The second-order valence-electron chi connectivity index (χ2n) is 7.66. The minimum absolute atomic E-state index is 0.00228. The molecule has 1 saturated carbocycles. The van der Waals surface area contributed by atoms with Gasteiger partial charge in [-0.1, -0.05) is 12.1 Å². The van der Waals surface area contributed by atoms with E-state index >= 15 is 0 Å². The average Bonchev–Trinajstić information content (AvgIpc) is 3.55. The zero-order valence-electron chi connectivity index (χ0n) is 17.1. The first-order valence-electron chi connectivity index (χ1n) is 9.94. The van der Waals surface area contributed by atoms with Crippen molar-refractivity contribution in [3.8, 4) is 11.1 Å². The summed E-state index contributed by atoms with van der Waals surface area (Å²) >= 11 is 0. The van der Waals surface area contributed by atoms with Crippen LogP contribution in [0.3, 0.4) is 0 Å². The van der Waals surface area contributed by atoms with Crippen LogP contribution >= 0.6 is 0 Å². The van der Waals surface area contributed by atoms with E-state index in [1.165, 1.54) is 0 Å². The molecule has 0 saturated heterocycles. The third kappa shape index (κ3) is 4.22. The maximum absolute atomic E-state index is 12.5. The first-order chi connectivity index (χ1) is 14.1. The number of carbonyl (C=O) groups is 1. The maximum atomic E-state index is 12.5. The minimum Gasteiger partial charge on any atom is -0.383 e. The quantitative estimate of drug-likeness (QED) is 0.668. The van der Waals surface area contributed by atoms with E-state index in [4.69, 9.17) is 4.74 Å². The molecule has 1 aliphatic rings. The Hall–Kier alpha value is -2.99. The molecule has 6 heteroatoms. The summed E-state index contributed by atoms with van der Waals surface area (Å²) in [6.45, 7) is 3.43. The Morgan fingerprint density at radius 2 is 2.07 bits per heavy atom. The molecular formula is C23H26N4O2. The number of aryl methyl sites for hydroxylation is 1. The smallest absolute Gasteiger partial charge is 0.251 e. The molecule has 0 atom stereocenters. The summed E-state index contributed by atoms with van der Waals surface area (Å²) in [6.07, 6.45) is 3.94. The number of rotatable bonds is 7. The van der Waals surface area contributed by atoms with E-state index in [0.29, 0.717) is 18.2 Å². The summed E-state index contributed by atoms with van der Waals surface area (Å²) in [6, 6.07) is 12.5. The van der Waals surface area contributed by atoms with E-state index in [-0.39, 0.29) is 5.91 Å². The third-order valence-electron chi connectivity index (χ3n) is 5.36. The molecule has 0 radical (unpaired) electrons. The summed E-state index contributed by atoms with van der Waals surface area (Å²) in [5.74, 6) is 0.836. The van der Waals surface area contributed by atoms with Gasteiger partial charge in [0, 0.05) is 43.1 Å². The second kappa shape index (κ2) is 8.17. The lowest BCUT2D eigenvalue weighted by Crippen LogP contribution is -2.25. The highest BCUT2D eigenvalue weighted by Crippen LogP contribution is 2.31. The van der Waals surface area contributed by atoms with Crippen molar-refractivity contribution in [1.82, 2.24) is 15.5 Å². The molecule has 1 amide bonds. The largest absolute Gasteiger partial charge is 0.383 e. The number of anilines is 1. The van der Waals surface area contributed by atoms with Gasteiger partial charge in [0.2, 0.25) is 0 Å². The molecule has 150 valence electrons. The van der Waals surface area contributed by atoms with E-state index < -0.39 is 0 Å². The van der Waals surface area contributed by atoms with Crippen LogP contribution in [0.15, 0.2) is 42.6 Å². The number of likely N-dealkylation sites (N-methyl/N-ethyl adjacent to an activating group) is 1. The average molecular weight is 390 g/mol. The summed E-state index contributed by atoms with van der Waals surface area (Å²) in [4.78, 5) is 14.5. The van der Waals surface area contributed by atoms with Gasteiger partial charge >= 0.3 is 0 Å². The Balaban J connectivity index is 1.68. The Bertz CT molecular complexity index is 1050. The van der Waals surface area contributed by atoms with E-state index in [1.807, 2.05) is 30.1 Å². The van der Waals surface area contributed by atoms with Gasteiger partial charge in [0.05, 0.1) is 12.8 Å². The van der Waals surface area contributed by atoms with Crippen LogP contribution in [0.2, 0.25) is 0 Å². The summed E-state index contributed by atoms with van der Waals surface area (Å²) in [7, 11) is 3.68. The molecule has 3 aromatic rings. The molecule has 1 aromatic heterocycles. The first-order valence-corrected chi connectivity index (χ1v) is 9.94. The lowest BCUT2D eigenvalue weighted by atomic mass is 9.96. The number of ether oxygens (including phenoxy) is 1. The zero-order chi connectivity index (χ0) is 20.4. The van der Waals surface area contributed by atoms with E-state index in [9.17, 15) is 4.79 Å². The molecule has 0 unspecified atom stereocenters. The minimum atomic E-state index is 0.00228. The number of fused-ring (bicyclic) bond motifs is 1. The van der Waals surface area contributed by atoms with Crippen molar-refractivity contribution < 1.29 is 9.53 Å². The number of carbonyl (C=O) groups excluding carboxylic acids is 1. The monoisotopic (exact) mass is 390 g/mol. The molecule has 1 aliphatic carbocycles. The molecule has 29 heavy (non-hydrogen) atoms. The normalized spacial score (nSPS) is 13.5. The van der Waals surface area contributed by atoms with Crippen LogP contribution in [0.4, 0.5) is 5.82 Å². The standard InChI is InChI=1S/C23H26N4O2/c1-15-4-5-17(23(28)25-19-7-8-19)13-21(15)16-6-9-20-18(12-16)14-24-26-22(20)27(2)10-11-29-3/h4-6,9,12-14,19H,7-8,10-11H2,1-3H3,(H,25,28). The van der Waals surface area contributed by atoms with Crippen LogP contribution in [-0.4, -0.2) is 49.5 Å². The van der Waals surface area contributed by atoms with Crippen molar-refractivity contribution in [3.05, 3.63) is 53.7 Å². The van der Waals surface area contributed by atoms with E-state index in [2.05, 4.69) is 40.6 Å². The van der Waals surface area contributed by atoms with Crippen LogP contribution in [-0.2, 0) is 4.74 Å². The van der Waals surface area contributed by atoms with Crippen LogP contribution < -0.4 is 10.2 Å². The molecule has 1 fully saturated rings. The SMILES string of the molecule is COCCN(C)c1nncc2cc(-c3cc(C(=O)NC4CC4)ccc3C)ccc12. The van der Waals surface area contributed by atoms with Crippen molar-refractivity contribution in [2.75, 3.05) is 32.2 Å². The van der Waals surface area contributed by atoms with Gasteiger partial charge in [0.15, 0.2) is 5.82 Å². The highest BCUT2D eigenvalue weighted by Gasteiger charge is 2.24. The van der Waals surface area contributed by atoms with Gasteiger partial charge in [-0.2, -0.15) is 5.10 Å². The lowest BCUT2D eigenvalue weighted by Gasteiger charge is -2.19. The number of hydrogen-bond acceptors (Lipinski definition) is 5. The fourth-order valence-electron chi connectivity index (χ4n) is 3.43. The topological polar surface area (TPSA) is 67.3 Å². The predicted octanol–water partition coefficient (Wildman–Crippen LogP) is 3.58. The number of nitrogens with zero attached hydrogens (tertiary/aromatic N) is 3. The van der Waals surface area contributed by atoms with Gasteiger partial charge in [-0.3, -0.25) is 4.79 Å². The van der Waals surface area contributed by atoms with Crippen molar-refractivity contribution in [3.63, 3.8) is 0 Å². The maximum Gasteiger partial charge on any atom is 0.251 e. The van der Waals surface area contributed by atoms with Crippen LogP contribution in [0.25, 0.3) is 21.9 Å². The molecule has 1 heterocycles. The summed E-state index contributed by atoms with van der Waals surface area (Å²) < 4.78 is 5.17. The number of hydrogen-bond donors (Lipinski definition) is 1. The third-order valence-corrected chi connectivity index (χ3v) is 5.36. The Morgan fingerprint density at radius 1 is 1.24 bits per heavy atom. The van der Waals surface area contributed by atoms with Crippen molar-refractivity contribution in [1.29, 1.82) is 0 Å². The van der Waals surface area contributed by atoms with Gasteiger partial charge in [-0.15, -0.1) is 5.10 Å². The van der Waals surface area contributed by atoms with Gasteiger partial charge in [0.1, 0.15) is 0 Å². The second-order valence-corrected chi connectivity index (χ2v) is 7.66. The van der Waals surface area contributed by atoms with E-state index in [0.717, 1.165) is 52.7 Å². The number of aromatic nitrogens is 2. The fourth-order valence-corrected chi connectivity index (χ4v) is 3.43. The van der Waals surface area contributed by atoms with Crippen LogP contribution in [0.1, 0.15) is 28.8 Å². The Kier molecular flexibility index (Phi) is 5.45. The Labute approximate surface area is 170 Å². The predicted molar refractivity (Wildman–Crippen MR) is 115 cm³/mol. The Morgan fingerprint density at radius 3 is 2.83 bits per heavy atom. The van der Waals surface area contributed by atoms with Crippen molar-refractivity contribution in [2.45, 2.75) is 25.8 Å². The van der Waals surface area contributed by atoms with Gasteiger partial charge < -0.3 is 15.0 Å². The molecule has 2 aromatic carbocycles. The van der Waals surface area contributed by atoms with Gasteiger partial charge in [0.25, 0.3) is 5.91 Å². The van der Waals surface area contributed by atoms with Crippen LogP contribution in [0.5, 0.6) is 0 Å². The van der Waals surface area contributed by atoms with Gasteiger partial charge in [-0.05, 0) is 60.7 Å². The highest BCUT2D eigenvalue weighted by molar-refractivity contribution is 5.98. The summed E-state index contributed by atoms with van der Waals surface area (Å²) in [5.41, 5.74) is 3.95. The first kappa shape index (κ1) is 19.3. The van der Waals surface area contributed by atoms with Gasteiger partial charge in [-0.25, -0.2) is 0 Å². The zero-order valence-corrected chi connectivity index (χ0v) is 17.1. The molecule has 6 nitrogen and oxygen atoms in total. The van der Waals surface area contributed by atoms with Crippen LogP contribution in [0, 0.1) is 6.92 Å². The number of nitrogens with one attached hydrogen (secondary N) is 1. The molecule has 4 rings (SSSR count). The van der Waals surface area contributed by atoms with E-state index in [1.54, 1.807) is 13.3 Å². The molecule has 0 spiro atoms. The highest BCUT2D eigenvalue weighted by atomic mass is 16.5.